The van der Waals surface area contributed by atoms with Gasteiger partial charge in [-0.25, -0.2) is 0 Å². The molecule has 2 rings (SSSR count). The summed E-state index contributed by atoms with van der Waals surface area (Å²) in [6.07, 6.45) is -2.09. The minimum absolute atomic E-state index is 0.239. The van der Waals surface area contributed by atoms with Gasteiger partial charge in [0.25, 0.3) is 5.91 Å². The zero-order valence-corrected chi connectivity index (χ0v) is 13.8. The van der Waals surface area contributed by atoms with Gasteiger partial charge in [0.1, 0.15) is 0 Å². The number of aromatic nitrogens is 2. The van der Waals surface area contributed by atoms with Crippen molar-refractivity contribution >= 4 is 5.91 Å². The summed E-state index contributed by atoms with van der Waals surface area (Å²) in [6.45, 7) is 3.51. The average molecular weight is 339 g/mol. The Morgan fingerprint density at radius 2 is 2.00 bits per heavy atom. The number of benzene rings is 1. The number of carbonyl (C=O) groups is 1. The maximum atomic E-state index is 13.0. The van der Waals surface area contributed by atoms with E-state index in [2.05, 4.69) is 10.4 Å². The smallest absolute Gasteiger partial charge is 0.349 e. The standard InChI is InChI=1S/C17H20F3N3O/c1-11(21-16(24)14-10-23(3)22-12(14)2)8-9-13-6-4-5-7-15(13)17(18,19)20/h4-7,10-11H,8-9H2,1-3H3,(H,21,24). The van der Waals surface area contributed by atoms with Gasteiger partial charge in [0.2, 0.25) is 0 Å². The minimum atomic E-state index is -4.37. The number of aryl methyl sites for hydroxylation is 3. The van der Waals surface area contributed by atoms with Crippen molar-refractivity contribution in [3.8, 4) is 0 Å². The van der Waals surface area contributed by atoms with Gasteiger partial charge in [-0.2, -0.15) is 18.3 Å². The van der Waals surface area contributed by atoms with Crippen molar-refractivity contribution in [1.82, 2.24) is 15.1 Å². The third kappa shape index (κ3) is 4.37. The molecule has 0 spiro atoms. The van der Waals surface area contributed by atoms with E-state index in [1.54, 1.807) is 37.8 Å². The van der Waals surface area contributed by atoms with Crippen LogP contribution in [0.4, 0.5) is 13.2 Å². The number of hydrogen-bond donors (Lipinski definition) is 1. The van der Waals surface area contributed by atoms with Crippen LogP contribution >= 0.6 is 0 Å². The molecule has 1 atom stereocenters. The van der Waals surface area contributed by atoms with Crippen LogP contribution in [0.25, 0.3) is 0 Å². The molecule has 1 unspecified atom stereocenters. The Balaban J connectivity index is 1.98. The molecule has 24 heavy (non-hydrogen) atoms. The molecule has 0 saturated heterocycles. The maximum absolute atomic E-state index is 13.0. The average Bonchev–Trinajstić information content (AvgIpc) is 2.83. The number of nitrogens with zero attached hydrogens (tertiary/aromatic N) is 2. The molecule has 0 saturated carbocycles. The number of rotatable bonds is 5. The molecule has 1 heterocycles. The molecular weight excluding hydrogens is 319 g/mol. The fourth-order valence-electron chi connectivity index (χ4n) is 2.58. The van der Waals surface area contributed by atoms with Gasteiger partial charge < -0.3 is 5.32 Å². The molecule has 0 aliphatic rings. The summed E-state index contributed by atoms with van der Waals surface area (Å²) in [4.78, 5) is 12.2. The zero-order valence-electron chi connectivity index (χ0n) is 13.8. The highest BCUT2D eigenvalue weighted by Crippen LogP contribution is 2.32. The minimum Gasteiger partial charge on any atom is -0.349 e. The van der Waals surface area contributed by atoms with Gasteiger partial charge in [0.15, 0.2) is 0 Å². The molecule has 1 aromatic carbocycles. The number of carbonyl (C=O) groups excluding carboxylic acids is 1. The highest BCUT2D eigenvalue weighted by molar-refractivity contribution is 5.95. The van der Waals surface area contributed by atoms with Crippen molar-refractivity contribution in [2.24, 2.45) is 7.05 Å². The second-order valence-corrected chi connectivity index (χ2v) is 5.87. The van der Waals surface area contributed by atoms with Gasteiger partial charge in [0.05, 0.1) is 16.8 Å². The normalized spacial score (nSPS) is 12.9. The van der Waals surface area contributed by atoms with Gasteiger partial charge >= 0.3 is 6.18 Å². The van der Waals surface area contributed by atoms with E-state index >= 15 is 0 Å². The second kappa shape index (κ2) is 7.07. The van der Waals surface area contributed by atoms with Crippen LogP contribution < -0.4 is 5.32 Å². The summed E-state index contributed by atoms with van der Waals surface area (Å²) >= 11 is 0. The molecule has 1 aromatic heterocycles. The molecule has 0 aliphatic heterocycles. The summed E-state index contributed by atoms with van der Waals surface area (Å²) < 4.78 is 40.5. The molecule has 0 fully saturated rings. The zero-order chi connectivity index (χ0) is 17.9. The Morgan fingerprint density at radius 3 is 2.58 bits per heavy atom. The summed E-state index contributed by atoms with van der Waals surface area (Å²) in [7, 11) is 1.72. The Bertz CT molecular complexity index is 722. The summed E-state index contributed by atoms with van der Waals surface area (Å²) in [5, 5.41) is 6.91. The SMILES string of the molecule is Cc1nn(C)cc1C(=O)NC(C)CCc1ccccc1C(F)(F)F. The lowest BCUT2D eigenvalue weighted by Crippen LogP contribution is -2.33. The molecule has 0 aliphatic carbocycles. The van der Waals surface area contributed by atoms with Crippen LogP contribution in [0, 0.1) is 6.92 Å². The van der Waals surface area contributed by atoms with Gasteiger partial charge in [-0.3, -0.25) is 9.48 Å². The lowest BCUT2D eigenvalue weighted by molar-refractivity contribution is -0.138. The van der Waals surface area contributed by atoms with E-state index in [0.717, 1.165) is 6.07 Å². The van der Waals surface area contributed by atoms with Gasteiger partial charge in [0, 0.05) is 19.3 Å². The Hall–Kier alpha value is -2.31. The van der Waals surface area contributed by atoms with E-state index in [9.17, 15) is 18.0 Å². The van der Waals surface area contributed by atoms with Crippen LogP contribution in [0.15, 0.2) is 30.5 Å². The Labute approximate surface area is 138 Å². The van der Waals surface area contributed by atoms with E-state index in [4.69, 9.17) is 0 Å². The van der Waals surface area contributed by atoms with Gasteiger partial charge in [-0.15, -0.1) is 0 Å². The van der Waals surface area contributed by atoms with Crippen molar-refractivity contribution in [3.63, 3.8) is 0 Å². The van der Waals surface area contributed by atoms with Crippen LogP contribution in [-0.2, 0) is 19.6 Å². The molecule has 0 radical (unpaired) electrons. The highest BCUT2D eigenvalue weighted by atomic mass is 19.4. The van der Waals surface area contributed by atoms with E-state index < -0.39 is 11.7 Å². The molecule has 0 bridgehead atoms. The highest BCUT2D eigenvalue weighted by Gasteiger charge is 2.32. The second-order valence-electron chi connectivity index (χ2n) is 5.87. The van der Waals surface area contributed by atoms with Crippen molar-refractivity contribution in [2.75, 3.05) is 0 Å². The van der Waals surface area contributed by atoms with Crippen molar-refractivity contribution < 1.29 is 18.0 Å². The molecule has 1 N–H and O–H groups in total. The van der Waals surface area contributed by atoms with Crippen LogP contribution in [0.5, 0.6) is 0 Å². The van der Waals surface area contributed by atoms with Crippen LogP contribution in [0.3, 0.4) is 0 Å². The number of hydrogen-bond acceptors (Lipinski definition) is 2. The Kier molecular flexibility index (Phi) is 5.31. The molecule has 1 amide bonds. The first-order valence-corrected chi connectivity index (χ1v) is 7.64. The maximum Gasteiger partial charge on any atom is 0.416 e. The summed E-state index contributed by atoms with van der Waals surface area (Å²) in [5.74, 6) is -0.266. The van der Waals surface area contributed by atoms with Crippen LogP contribution in [-0.4, -0.2) is 21.7 Å². The number of nitrogens with one attached hydrogen (secondary N) is 1. The molecule has 7 heteroatoms. The lowest BCUT2D eigenvalue weighted by atomic mass is 10.00. The topological polar surface area (TPSA) is 46.9 Å². The Morgan fingerprint density at radius 1 is 1.33 bits per heavy atom. The quantitative estimate of drug-likeness (QED) is 0.906. The van der Waals surface area contributed by atoms with Gasteiger partial charge in [-0.05, 0) is 38.3 Å². The first-order valence-electron chi connectivity index (χ1n) is 7.64. The number of alkyl halides is 3. The number of amides is 1. The third-order valence-corrected chi connectivity index (χ3v) is 3.81. The molecule has 2 aromatic rings. The predicted octanol–water partition coefficient (Wildman–Crippen LogP) is 3.50. The lowest BCUT2D eigenvalue weighted by Gasteiger charge is -2.16. The van der Waals surface area contributed by atoms with Gasteiger partial charge in [-0.1, -0.05) is 18.2 Å². The summed E-state index contributed by atoms with van der Waals surface area (Å²) in [5.41, 5.74) is 0.708. The fourth-order valence-corrected chi connectivity index (χ4v) is 2.58. The fraction of sp³-hybridized carbons (Fsp3) is 0.412. The van der Waals surface area contributed by atoms with E-state index in [0.29, 0.717) is 17.7 Å². The van der Waals surface area contributed by atoms with Crippen molar-refractivity contribution in [1.29, 1.82) is 0 Å². The largest absolute Gasteiger partial charge is 0.416 e. The van der Waals surface area contributed by atoms with Crippen LogP contribution in [0.2, 0.25) is 0 Å². The third-order valence-electron chi connectivity index (χ3n) is 3.81. The number of halogens is 3. The van der Waals surface area contributed by atoms with Crippen LogP contribution in [0.1, 0.15) is 40.5 Å². The predicted molar refractivity (Wildman–Crippen MR) is 84.6 cm³/mol. The monoisotopic (exact) mass is 339 g/mol. The molecule has 4 nitrogen and oxygen atoms in total. The molecule has 130 valence electrons. The van der Waals surface area contributed by atoms with E-state index in [1.807, 2.05) is 0 Å². The molecular formula is C17H20F3N3O. The van der Waals surface area contributed by atoms with E-state index in [1.165, 1.54) is 12.1 Å². The first kappa shape index (κ1) is 18.0. The van der Waals surface area contributed by atoms with E-state index in [-0.39, 0.29) is 23.9 Å². The first-order chi connectivity index (χ1) is 11.2. The van der Waals surface area contributed by atoms with Crippen molar-refractivity contribution in [3.05, 3.63) is 52.8 Å². The van der Waals surface area contributed by atoms with Crippen molar-refractivity contribution in [2.45, 2.75) is 38.9 Å². The summed E-state index contributed by atoms with van der Waals surface area (Å²) in [6, 6.07) is 5.27.